The maximum absolute atomic E-state index is 8.75. The average molecular weight is 249 g/mol. The van der Waals surface area contributed by atoms with Gasteiger partial charge in [0.05, 0.1) is 18.2 Å². The van der Waals surface area contributed by atoms with Gasteiger partial charge in [-0.25, -0.2) is 0 Å². The SMILES string of the molecule is CC(C)CCSCCOc1cccc(C#N)c1. The minimum Gasteiger partial charge on any atom is -0.493 e. The first-order valence-corrected chi connectivity index (χ1v) is 7.08. The van der Waals surface area contributed by atoms with Gasteiger partial charge in [-0.3, -0.25) is 0 Å². The number of benzene rings is 1. The van der Waals surface area contributed by atoms with Gasteiger partial charge in [0.1, 0.15) is 5.75 Å². The highest BCUT2D eigenvalue weighted by molar-refractivity contribution is 7.99. The Morgan fingerprint density at radius 3 is 2.88 bits per heavy atom. The molecule has 0 aromatic heterocycles. The molecule has 0 aliphatic carbocycles. The summed E-state index contributed by atoms with van der Waals surface area (Å²) in [6, 6.07) is 9.40. The summed E-state index contributed by atoms with van der Waals surface area (Å²) in [5, 5.41) is 8.75. The molecule has 1 aromatic carbocycles. The van der Waals surface area contributed by atoms with Crippen LogP contribution in [0.1, 0.15) is 25.8 Å². The number of ether oxygens (including phenoxy) is 1. The van der Waals surface area contributed by atoms with E-state index in [2.05, 4.69) is 19.9 Å². The summed E-state index contributed by atoms with van der Waals surface area (Å²) in [6.07, 6.45) is 1.26. The molecule has 0 saturated carbocycles. The number of hydrogen-bond donors (Lipinski definition) is 0. The van der Waals surface area contributed by atoms with E-state index in [1.54, 1.807) is 12.1 Å². The largest absolute Gasteiger partial charge is 0.493 e. The fraction of sp³-hybridized carbons (Fsp3) is 0.500. The molecular weight excluding hydrogens is 230 g/mol. The van der Waals surface area contributed by atoms with Crippen molar-refractivity contribution in [3.05, 3.63) is 29.8 Å². The highest BCUT2D eigenvalue weighted by atomic mass is 32.2. The van der Waals surface area contributed by atoms with Gasteiger partial charge in [-0.1, -0.05) is 19.9 Å². The van der Waals surface area contributed by atoms with Crippen molar-refractivity contribution in [1.82, 2.24) is 0 Å². The number of hydrogen-bond acceptors (Lipinski definition) is 3. The van der Waals surface area contributed by atoms with Crippen LogP contribution in [-0.2, 0) is 0 Å². The molecular formula is C14H19NOS. The highest BCUT2D eigenvalue weighted by Crippen LogP contribution is 2.13. The Morgan fingerprint density at radius 1 is 1.35 bits per heavy atom. The molecule has 92 valence electrons. The third-order valence-electron chi connectivity index (χ3n) is 2.30. The predicted molar refractivity (Wildman–Crippen MR) is 73.4 cm³/mol. The van der Waals surface area contributed by atoms with Crippen LogP contribution >= 0.6 is 11.8 Å². The molecule has 0 aliphatic heterocycles. The molecule has 0 spiro atoms. The van der Waals surface area contributed by atoms with Crippen molar-refractivity contribution >= 4 is 11.8 Å². The van der Waals surface area contributed by atoms with E-state index in [4.69, 9.17) is 10.00 Å². The van der Waals surface area contributed by atoms with Crippen molar-refractivity contribution in [2.24, 2.45) is 5.92 Å². The van der Waals surface area contributed by atoms with E-state index in [9.17, 15) is 0 Å². The van der Waals surface area contributed by atoms with Crippen molar-refractivity contribution < 1.29 is 4.74 Å². The Kier molecular flexibility index (Phi) is 6.57. The van der Waals surface area contributed by atoms with Gasteiger partial charge in [0.2, 0.25) is 0 Å². The molecule has 0 unspecified atom stereocenters. The van der Waals surface area contributed by atoms with Gasteiger partial charge in [-0.2, -0.15) is 17.0 Å². The summed E-state index contributed by atoms with van der Waals surface area (Å²) < 4.78 is 5.58. The summed E-state index contributed by atoms with van der Waals surface area (Å²) >= 11 is 1.92. The van der Waals surface area contributed by atoms with Gasteiger partial charge in [0.15, 0.2) is 0 Å². The van der Waals surface area contributed by atoms with Crippen LogP contribution in [0.5, 0.6) is 5.75 Å². The normalized spacial score (nSPS) is 10.2. The second-order valence-corrected chi connectivity index (χ2v) is 5.51. The van der Waals surface area contributed by atoms with Crippen molar-refractivity contribution in [2.75, 3.05) is 18.1 Å². The Hall–Kier alpha value is -1.14. The maximum atomic E-state index is 8.75. The number of nitrogens with zero attached hydrogens (tertiary/aromatic N) is 1. The summed E-state index contributed by atoms with van der Waals surface area (Å²) in [6.45, 7) is 5.19. The van der Waals surface area contributed by atoms with Crippen molar-refractivity contribution in [2.45, 2.75) is 20.3 Å². The molecule has 1 aromatic rings. The fourth-order valence-electron chi connectivity index (χ4n) is 1.29. The van der Waals surface area contributed by atoms with E-state index in [1.807, 2.05) is 23.9 Å². The van der Waals surface area contributed by atoms with Crippen LogP contribution in [0.4, 0.5) is 0 Å². The summed E-state index contributed by atoms with van der Waals surface area (Å²) in [5.74, 6) is 3.76. The second-order valence-electron chi connectivity index (χ2n) is 4.28. The molecule has 0 aliphatic rings. The molecule has 2 nitrogen and oxygen atoms in total. The Balaban J connectivity index is 2.16. The molecule has 0 bridgehead atoms. The average Bonchev–Trinajstić information content (AvgIpc) is 2.33. The molecule has 0 N–H and O–H groups in total. The van der Waals surface area contributed by atoms with Gasteiger partial charge in [-0.15, -0.1) is 0 Å². The van der Waals surface area contributed by atoms with Crippen LogP contribution < -0.4 is 4.74 Å². The molecule has 0 heterocycles. The lowest BCUT2D eigenvalue weighted by Gasteiger charge is -2.07. The minimum atomic E-state index is 0.648. The standard InChI is InChI=1S/C14H19NOS/c1-12(2)6-8-17-9-7-16-14-5-3-4-13(10-14)11-15/h3-5,10,12H,6-9H2,1-2H3. The third-order valence-corrected chi connectivity index (χ3v) is 3.28. The van der Waals surface area contributed by atoms with Crippen LogP contribution in [0.2, 0.25) is 0 Å². The molecule has 17 heavy (non-hydrogen) atoms. The van der Waals surface area contributed by atoms with Crippen molar-refractivity contribution in [3.63, 3.8) is 0 Å². The van der Waals surface area contributed by atoms with Gasteiger partial charge >= 0.3 is 0 Å². The van der Waals surface area contributed by atoms with Gasteiger partial charge < -0.3 is 4.74 Å². The topological polar surface area (TPSA) is 33.0 Å². The lowest BCUT2D eigenvalue weighted by atomic mass is 10.2. The molecule has 0 radical (unpaired) electrons. The first kappa shape index (κ1) is 13.9. The maximum Gasteiger partial charge on any atom is 0.120 e. The van der Waals surface area contributed by atoms with Crippen molar-refractivity contribution in [3.8, 4) is 11.8 Å². The zero-order valence-corrected chi connectivity index (χ0v) is 11.3. The summed E-state index contributed by atoms with van der Waals surface area (Å²) in [5.41, 5.74) is 0.648. The quantitative estimate of drug-likeness (QED) is 0.690. The third kappa shape index (κ3) is 6.23. The molecule has 0 amide bonds. The lowest BCUT2D eigenvalue weighted by Crippen LogP contribution is -2.01. The van der Waals surface area contributed by atoms with Crippen molar-refractivity contribution in [1.29, 1.82) is 5.26 Å². The summed E-state index contributed by atoms with van der Waals surface area (Å²) in [4.78, 5) is 0. The monoisotopic (exact) mass is 249 g/mol. The highest BCUT2D eigenvalue weighted by Gasteiger charge is 1.97. The first-order chi connectivity index (χ1) is 8.22. The van der Waals surface area contributed by atoms with Crippen LogP contribution in [0.25, 0.3) is 0 Å². The van der Waals surface area contributed by atoms with E-state index in [0.717, 1.165) is 17.4 Å². The smallest absolute Gasteiger partial charge is 0.120 e. The summed E-state index contributed by atoms with van der Waals surface area (Å²) in [7, 11) is 0. The number of thioether (sulfide) groups is 1. The van der Waals surface area contributed by atoms with Crippen LogP contribution in [0.3, 0.4) is 0 Å². The van der Waals surface area contributed by atoms with Gasteiger partial charge in [0, 0.05) is 5.75 Å². The number of nitriles is 1. The minimum absolute atomic E-state index is 0.648. The second kappa shape index (κ2) is 8.03. The van der Waals surface area contributed by atoms with Crippen LogP contribution in [0.15, 0.2) is 24.3 Å². The van der Waals surface area contributed by atoms with E-state index >= 15 is 0 Å². The Morgan fingerprint density at radius 2 is 2.18 bits per heavy atom. The van der Waals surface area contributed by atoms with E-state index in [1.165, 1.54) is 12.2 Å². The first-order valence-electron chi connectivity index (χ1n) is 5.93. The van der Waals surface area contributed by atoms with Crippen LogP contribution in [-0.4, -0.2) is 18.1 Å². The lowest BCUT2D eigenvalue weighted by molar-refractivity contribution is 0.344. The molecule has 0 saturated heterocycles. The van der Waals surface area contributed by atoms with Crippen LogP contribution in [0, 0.1) is 17.2 Å². The molecule has 1 rings (SSSR count). The number of rotatable bonds is 7. The van der Waals surface area contributed by atoms with Gasteiger partial charge in [-0.05, 0) is 36.3 Å². The van der Waals surface area contributed by atoms with Gasteiger partial charge in [0.25, 0.3) is 0 Å². The van der Waals surface area contributed by atoms with E-state index in [-0.39, 0.29) is 0 Å². The Bertz CT molecular complexity index is 371. The zero-order valence-electron chi connectivity index (χ0n) is 10.5. The van der Waals surface area contributed by atoms with E-state index in [0.29, 0.717) is 12.2 Å². The Labute approximate surface area is 108 Å². The molecule has 0 fully saturated rings. The molecule has 3 heteroatoms. The van der Waals surface area contributed by atoms with E-state index < -0.39 is 0 Å². The molecule has 0 atom stereocenters. The predicted octanol–water partition coefficient (Wildman–Crippen LogP) is 3.72. The zero-order chi connectivity index (χ0) is 12.5. The fourth-order valence-corrected chi connectivity index (χ4v) is 2.34.